The van der Waals surface area contributed by atoms with Crippen LogP contribution in [-0.2, 0) is 0 Å². The summed E-state index contributed by atoms with van der Waals surface area (Å²) in [5.74, 6) is -0.308. The highest BCUT2D eigenvalue weighted by Gasteiger charge is 2.25. The van der Waals surface area contributed by atoms with Crippen LogP contribution in [0, 0.1) is 5.92 Å². The van der Waals surface area contributed by atoms with E-state index in [-0.39, 0.29) is 5.56 Å². The van der Waals surface area contributed by atoms with E-state index in [9.17, 15) is 4.79 Å². The minimum absolute atomic E-state index is 0.175. The highest BCUT2D eigenvalue weighted by molar-refractivity contribution is 5.94. The maximum atomic E-state index is 11.0. The smallest absolute Gasteiger partial charge is 0.337 e. The molecule has 19 heavy (non-hydrogen) atoms. The fourth-order valence-electron chi connectivity index (χ4n) is 3.03. The summed E-state index contributed by atoms with van der Waals surface area (Å²) in [6.07, 6.45) is 5.03. The fraction of sp³-hybridized carbons (Fsp3) is 0.533. The molecule has 1 fully saturated rings. The van der Waals surface area contributed by atoms with Crippen molar-refractivity contribution >= 4 is 17.3 Å². The number of anilines is 2. The molecule has 104 valence electrons. The van der Waals surface area contributed by atoms with E-state index in [4.69, 9.17) is 10.8 Å². The van der Waals surface area contributed by atoms with E-state index in [1.54, 1.807) is 12.1 Å². The van der Waals surface area contributed by atoms with Crippen molar-refractivity contribution in [1.29, 1.82) is 0 Å². The van der Waals surface area contributed by atoms with Gasteiger partial charge in [-0.05, 0) is 37.0 Å². The Labute approximate surface area is 114 Å². The minimum atomic E-state index is -0.974. The molecule has 2 unspecified atom stereocenters. The van der Waals surface area contributed by atoms with Crippen molar-refractivity contribution in [2.45, 2.75) is 38.6 Å². The Morgan fingerprint density at radius 3 is 2.63 bits per heavy atom. The molecule has 0 aliphatic heterocycles. The van der Waals surface area contributed by atoms with Crippen molar-refractivity contribution < 1.29 is 9.90 Å². The standard InChI is InChI=1S/C15H22N2O2/c1-10-5-3-4-6-14(10)17(2)11-7-8-12(15(18)19)13(16)9-11/h7-10,14H,3-6,16H2,1-2H3,(H,18,19). The van der Waals surface area contributed by atoms with Crippen LogP contribution < -0.4 is 10.6 Å². The molecular formula is C15H22N2O2. The minimum Gasteiger partial charge on any atom is -0.478 e. The summed E-state index contributed by atoms with van der Waals surface area (Å²) < 4.78 is 0. The molecule has 1 saturated carbocycles. The maximum Gasteiger partial charge on any atom is 0.337 e. The lowest BCUT2D eigenvalue weighted by Crippen LogP contribution is -2.39. The monoisotopic (exact) mass is 262 g/mol. The predicted molar refractivity (Wildman–Crippen MR) is 77.6 cm³/mol. The molecule has 0 saturated heterocycles. The lowest BCUT2D eigenvalue weighted by atomic mass is 9.85. The van der Waals surface area contributed by atoms with Crippen molar-refractivity contribution in [2.24, 2.45) is 5.92 Å². The van der Waals surface area contributed by atoms with E-state index >= 15 is 0 Å². The number of nitrogen functional groups attached to an aromatic ring is 1. The van der Waals surface area contributed by atoms with Gasteiger partial charge < -0.3 is 15.7 Å². The topological polar surface area (TPSA) is 66.6 Å². The highest BCUT2D eigenvalue weighted by Crippen LogP contribution is 2.31. The van der Waals surface area contributed by atoms with E-state index in [1.807, 2.05) is 6.07 Å². The lowest BCUT2D eigenvalue weighted by molar-refractivity contribution is 0.0698. The van der Waals surface area contributed by atoms with Gasteiger partial charge in [0.15, 0.2) is 0 Å². The summed E-state index contributed by atoms with van der Waals surface area (Å²) in [6.45, 7) is 2.29. The van der Waals surface area contributed by atoms with Gasteiger partial charge in [-0.2, -0.15) is 0 Å². The summed E-state index contributed by atoms with van der Waals surface area (Å²) in [7, 11) is 2.07. The molecule has 1 aromatic rings. The number of carboxylic acids is 1. The molecule has 3 N–H and O–H groups in total. The van der Waals surface area contributed by atoms with E-state index in [0.717, 1.165) is 5.69 Å². The zero-order valence-electron chi connectivity index (χ0n) is 11.6. The molecule has 1 aliphatic carbocycles. The summed E-state index contributed by atoms with van der Waals surface area (Å²) in [5.41, 5.74) is 7.33. The van der Waals surface area contributed by atoms with Crippen LogP contribution in [0.2, 0.25) is 0 Å². The van der Waals surface area contributed by atoms with E-state index in [2.05, 4.69) is 18.9 Å². The van der Waals surface area contributed by atoms with Crippen LogP contribution in [-0.4, -0.2) is 24.2 Å². The number of carboxylic acid groups (broad SMARTS) is 1. The molecule has 0 aromatic heterocycles. The predicted octanol–water partition coefficient (Wildman–Crippen LogP) is 2.98. The molecule has 4 nitrogen and oxygen atoms in total. The molecule has 0 radical (unpaired) electrons. The second kappa shape index (κ2) is 5.51. The third-order valence-corrected chi connectivity index (χ3v) is 4.24. The summed E-state index contributed by atoms with van der Waals surface area (Å²) in [4.78, 5) is 13.2. The number of hydrogen-bond acceptors (Lipinski definition) is 3. The molecular weight excluding hydrogens is 240 g/mol. The third-order valence-electron chi connectivity index (χ3n) is 4.24. The molecule has 2 atom stereocenters. The number of aromatic carboxylic acids is 1. The van der Waals surface area contributed by atoms with Crippen LogP contribution in [0.15, 0.2) is 18.2 Å². The molecule has 4 heteroatoms. The summed E-state index contributed by atoms with van der Waals surface area (Å²) in [5, 5.41) is 8.99. The Morgan fingerprint density at radius 2 is 2.05 bits per heavy atom. The third kappa shape index (κ3) is 2.83. The van der Waals surface area contributed by atoms with Gasteiger partial charge in [0, 0.05) is 24.5 Å². The van der Waals surface area contributed by atoms with Crippen LogP contribution in [0.3, 0.4) is 0 Å². The first kappa shape index (κ1) is 13.7. The Bertz CT molecular complexity index is 473. The molecule has 1 aromatic carbocycles. The number of nitrogens with zero attached hydrogens (tertiary/aromatic N) is 1. The highest BCUT2D eigenvalue weighted by atomic mass is 16.4. The van der Waals surface area contributed by atoms with Crippen LogP contribution in [0.25, 0.3) is 0 Å². The zero-order valence-corrected chi connectivity index (χ0v) is 11.6. The number of carbonyl (C=O) groups is 1. The van der Waals surface area contributed by atoms with E-state index < -0.39 is 5.97 Å². The van der Waals surface area contributed by atoms with Gasteiger partial charge in [-0.15, -0.1) is 0 Å². The number of rotatable bonds is 3. The molecule has 0 spiro atoms. The zero-order chi connectivity index (χ0) is 14.0. The van der Waals surface area contributed by atoms with Gasteiger partial charge in [-0.3, -0.25) is 0 Å². The van der Waals surface area contributed by atoms with Gasteiger partial charge in [-0.25, -0.2) is 4.79 Å². The SMILES string of the molecule is CC1CCCCC1N(C)c1ccc(C(=O)O)c(N)c1. The maximum absolute atomic E-state index is 11.0. The van der Waals surface area contributed by atoms with Crippen LogP contribution in [0.4, 0.5) is 11.4 Å². The molecule has 0 bridgehead atoms. The quantitative estimate of drug-likeness (QED) is 0.822. The lowest BCUT2D eigenvalue weighted by Gasteiger charge is -2.37. The van der Waals surface area contributed by atoms with Gasteiger partial charge in [0.1, 0.15) is 0 Å². The first-order valence-electron chi connectivity index (χ1n) is 6.86. The van der Waals surface area contributed by atoms with Gasteiger partial charge >= 0.3 is 5.97 Å². The largest absolute Gasteiger partial charge is 0.478 e. The van der Waals surface area contributed by atoms with Gasteiger partial charge in [0.25, 0.3) is 0 Å². The Balaban J connectivity index is 2.21. The van der Waals surface area contributed by atoms with Crippen LogP contribution in [0.5, 0.6) is 0 Å². The van der Waals surface area contributed by atoms with Gasteiger partial charge in [0.05, 0.1) is 5.56 Å². The Kier molecular flexibility index (Phi) is 3.98. The molecule has 0 amide bonds. The average molecular weight is 262 g/mol. The first-order chi connectivity index (χ1) is 9.00. The summed E-state index contributed by atoms with van der Waals surface area (Å²) in [6, 6.07) is 5.73. The second-order valence-electron chi connectivity index (χ2n) is 5.52. The van der Waals surface area contributed by atoms with Crippen molar-refractivity contribution in [2.75, 3.05) is 17.7 Å². The van der Waals surface area contributed by atoms with Crippen molar-refractivity contribution in [3.8, 4) is 0 Å². The van der Waals surface area contributed by atoms with E-state index in [1.165, 1.54) is 25.7 Å². The van der Waals surface area contributed by atoms with Crippen molar-refractivity contribution in [3.63, 3.8) is 0 Å². The van der Waals surface area contributed by atoms with Crippen molar-refractivity contribution in [1.82, 2.24) is 0 Å². The molecule has 1 aliphatic rings. The second-order valence-corrected chi connectivity index (χ2v) is 5.52. The first-order valence-corrected chi connectivity index (χ1v) is 6.86. The Hall–Kier alpha value is -1.71. The van der Waals surface area contributed by atoms with Gasteiger partial charge in [-0.1, -0.05) is 19.8 Å². The van der Waals surface area contributed by atoms with Crippen LogP contribution >= 0.6 is 0 Å². The average Bonchev–Trinajstić information content (AvgIpc) is 2.38. The number of hydrogen-bond donors (Lipinski definition) is 2. The number of nitrogens with two attached hydrogens (primary N) is 1. The molecule has 0 heterocycles. The molecule has 2 rings (SSSR count). The van der Waals surface area contributed by atoms with Gasteiger partial charge in [0.2, 0.25) is 0 Å². The van der Waals surface area contributed by atoms with Crippen LogP contribution in [0.1, 0.15) is 43.0 Å². The normalized spacial score (nSPS) is 23.1. The van der Waals surface area contributed by atoms with Crippen molar-refractivity contribution in [3.05, 3.63) is 23.8 Å². The number of benzene rings is 1. The van der Waals surface area contributed by atoms with E-state index in [0.29, 0.717) is 17.6 Å². The fourth-order valence-corrected chi connectivity index (χ4v) is 3.03. The summed E-state index contributed by atoms with van der Waals surface area (Å²) >= 11 is 0. The Morgan fingerprint density at radius 1 is 1.37 bits per heavy atom.